The molecule has 0 aliphatic heterocycles. The molecule has 0 amide bonds. The van der Waals surface area contributed by atoms with Crippen molar-refractivity contribution < 1.29 is 0 Å². The molecule has 0 aliphatic rings. The number of pyridine rings is 1. The van der Waals surface area contributed by atoms with E-state index in [1.54, 1.807) is 0 Å². The highest BCUT2D eigenvalue weighted by Gasteiger charge is 2.00. The first kappa shape index (κ1) is 9.99. The van der Waals surface area contributed by atoms with E-state index in [2.05, 4.69) is 23.3 Å². The molecule has 0 aliphatic carbocycles. The van der Waals surface area contributed by atoms with Crippen LogP contribution in [0.4, 0.5) is 5.82 Å². The summed E-state index contributed by atoms with van der Waals surface area (Å²) in [7, 11) is 0. The second kappa shape index (κ2) is 4.23. The Morgan fingerprint density at radius 2 is 2.15 bits per heavy atom. The number of nitrogens with two attached hydrogens (primary N) is 1. The normalized spacial score (nSPS) is 12.6. The Morgan fingerprint density at radius 3 is 2.69 bits per heavy atom. The van der Waals surface area contributed by atoms with Gasteiger partial charge in [-0.2, -0.15) is 0 Å². The number of aromatic nitrogens is 1. The van der Waals surface area contributed by atoms with Gasteiger partial charge in [-0.05, 0) is 38.5 Å². The van der Waals surface area contributed by atoms with Crippen molar-refractivity contribution in [2.45, 2.75) is 26.8 Å². The Labute approximate surface area is 79.4 Å². The molecule has 0 aromatic carbocycles. The van der Waals surface area contributed by atoms with E-state index in [9.17, 15) is 0 Å². The molecule has 0 fully saturated rings. The number of rotatable bonds is 3. The second-order valence-electron chi connectivity index (χ2n) is 3.45. The van der Waals surface area contributed by atoms with Gasteiger partial charge in [0.15, 0.2) is 0 Å². The minimum absolute atomic E-state index is 0.272. The zero-order valence-electron chi connectivity index (χ0n) is 8.46. The van der Waals surface area contributed by atoms with Crippen LogP contribution in [-0.4, -0.2) is 17.6 Å². The number of hydrogen-bond acceptors (Lipinski definition) is 3. The summed E-state index contributed by atoms with van der Waals surface area (Å²) in [5, 5.41) is 3.24. The van der Waals surface area contributed by atoms with E-state index >= 15 is 0 Å². The maximum atomic E-state index is 5.51. The van der Waals surface area contributed by atoms with Crippen LogP contribution in [0.5, 0.6) is 0 Å². The van der Waals surface area contributed by atoms with Gasteiger partial charge in [0.25, 0.3) is 0 Å². The summed E-state index contributed by atoms with van der Waals surface area (Å²) in [5.74, 6) is 0.912. The van der Waals surface area contributed by atoms with E-state index in [0.29, 0.717) is 6.54 Å². The third-order valence-electron chi connectivity index (χ3n) is 1.85. The van der Waals surface area contributed by atoms with Crippen molar-refractivity contribution in [1.29, 1.82) is 0 Å². The molecule has 72 valence electrons. The summed E-state index contributed by atoms with van der Waals surface area (Å²) >= 11 is 0. The minimum Gasteiger partial charge on any atom is -0.366 e. The van der Waals surface area contributed by atoms with Crippen LogP contribution in [0.2, 0.25) is 0 Å². The van der Waals surface area contributed by atoms with Crippen molar-refractivity contribution in [3.8, 4) is 0 Å². The quantitative estimate of drug-likeness (QED) is 0.738. The molecular weight excluding hydrogens is 162 g/mol. The minimum atomic E-state index is 0.272. The molecule has 0 spiro atoms. The van der Waals surface area contributed by atoms with Crippen molar-refractivity contribution >= 4 is 5.82 Å². The van der Waals surface area contributed by atoms with Crippen molar-refractivity contribution in [2.75, 3.05) is 11.9 Å². The molecule has 1 unspecified atom stereocenters. The fraction of sp³-hybridized carbons (Fsp3) is 0.500. The lowest BCUT2D eigenvalue weighted by Gasteiger charge is -2.12. The van der Waals surface area contributed by atoms with Gasteiger partial charge in [0.2, 0.25) is 0 Å². The van der Waals surface area contributed by atoms with Crippen LogP contribution in [0.25, 0.3) is 0 Å². The smallest absolute Gasteiger partial charge is 0.126 e. The predicted octanol–water partition coefficient (Wildman–Crippen LogP) is 1.46. The maximum absolute atomic E-state index is 5.51. The van der Waals surface area contributed by atoms with Crippen molar-refractivity contribution in [1.82, 2.24) is 4.98 Å². The highest BCUT2D eigenvalue weighted by molar-refractivity contribution is 5.39. The Kier molecular flexibility index (Phi) is 3.25. The maximum Gasteiger partial charge on any atom is 0.126 e. The van der Waals surface area contributed by atoms with Crippen LogP contribution in [0.3, 0.4) is 0 Å². The lowest BCUT2D eigenvalue weighted by atomic mass is 10.2. The van der Waals surface area contributed by atoms with Gasteiger partial charge in [-0.15, -0.1) is 0 Å². The molecule has 1 aromatic heterocycles. The fourth-order valence-electron chi connectivity index (χ4n) is 1.23. The average molecular weight is 179 g/mol. The van der Waals surface area contributed by atoms with E-state index in [1.165, 1.54) is 5.56 Å². The van der Waals surface area contributed by atoms with Gasteiger partial charge < -0.3 is 11.1 Å². The van der Waals surface area contributed by atoms with Crippen LogP contribution in [-0.2, 0) is 0 Å². The number of hydrogen-bond donors (Lipinski definition) is 2. The van der Waals surface area contributed by atoms with Gasteiger partial charge in [0, 0.05) is 18.3 Å². The molecule has 1 aromatic rings. The standard InChI is InChI=1S/C10H17N3/c1-7-4-8(2)12-10(5-7)13-9(3)6-11/h4-5,9H,6,11H2,1-3H3,(H,12,13). The molecule has 3 heteroatoms. The molecule has 0 saturated heterocycles. The predicted molar refractivity (Wildman–Crippen MR) is 55.9 cm³/mol. The van der Waals surface area contributed by atoms with Crippen molar-refractivity contribution in [3.05, 3.63) is 23.4 Å². The van der Waals surface area contributed by atoms with Crippen LogP contribution in [0.1, 0.15) is 18.2 Å². The number of nitrogens with one attached hydrogen (secondary N) is 1. The number of anilines is 1. The first-order chi connectivity index (χ1) is 6.11. The molecule has 1 atom stereocenters. The van der Waals surface area contributed by atoms with Crippen molar-refractivity contribution in [3.63, 3.8) is 0 Å². The SMILES string of the molecule is Cc1cc(C)nc(NC(C)CN)c1. The first-order valence-corrected chi connectivity index (χ1v) is 4.53. The van der Waals surface area contributed by atoms with Gasteiger partial charge in [0.1, 0.15) is 5.82 Å². The summed E-state index contributed by atoms with van der Waals surface area (Å²) in [6.45, 7) is 6.71. The molecule has 0 saturated carbocycles. The van der Waals surface area contributed by atoms with E-state index in [1.807, 2.05) is 19.9 Å². The lowest BCUT2D eigenvalue weighted by molar-refractivity contribution is 0.797. The summed E-state index contributed by atoms with van der Waals surface area (Å²) in [6, 6.07) is 4.35. The van der Waals surface area contributed by atoms with Crippen LogP contribution in [0, 0.1) is 13.8 Å². The summed E-state index contributed by atoms with van der Waals surface area (Å²) in [6.07, 6.45) is 0. The molecular formula is C10H17N3. The van der Waals surface area contributed by atoms with Gasteiger partial charge in [-0.3, -0.25) is 0 Å². The van der Waals surface area contributed by atoms with Crippen molar-refractivity contribution in [2.24, 2.45) is 5.73 Å². The zero-order valence-corrected chi connectivity index (χ0v) is 8.46. The highest BCUT2D eigenvalue weighted by Crippen LogP contribution is 2.09. The van der Waals surface area contributed by atoms with Gasteiger partial charge in [0.05, 0.1) is 0 Å². The van der Waals surface area contributed by atoms with E-state index in [4.69, 9.17) is 5.73 Å². The monoisotopic (exact) mass is 179 g/mol. The molecule has 0 bridgehead atoms. The molecule has 3 nitrogen and oxygen atoms in total. The van der Waals surface area contributed by atoms with Crippen LogP contribution in [0.15, 0.2) is 12.1 Å². The molecule has 0 radical (unpaired) electrons. The van der Waals surface area contributed by atoms with Gasteiger partial charge in [-0.1, -0.05) is 0 Å². The lowest BCUT2D eigenvalue weighted by Crippen LogP contribution is -2.25. The van der Waals surface area contributed by atoms with E-state index < -0.39 is 0 Å². The zero-order chi connectivity index (χ0) is 9.84. The molecule has 1 heterocycles. The van der Waals surface area contributed by atoms with E-state index in [0.717, 1.165) is 11.5 Å². The molecule has 13 heavy (non-hydrogen) atoms. The third kappa shape index (κ3) is 3.03. The summed E-state index contributed by atoms with van der Waals surface area (Å²) < 4.78 is 0. The fourth-order valence-corrected chi connectivity index (χ4v) is 1.23. The largest absolute Gasteiger partial charge is 0.366 e. The Balaban J connectivity index is 2.77. The average Bonchev–Trinajstić information content (AvgIpc) is 2.02. The number of aryl methyl sites for hydroxylation is 2. The van der Waals surface area contributed by atoms with Crippen LogP contribution < -0.4 is 11.1 Å². The highest BCUT2D eigenvalue weighted by atomic mass is 15.0. The first-order valence-electron chi connectivity index (χ1n) is 4.53. The second-order valence-corrected chi connectivity index (χ2v) is 3.45. The Bertz CT molecular complexity index is 263. The van der Waals surface area contributed by atoms with Gasteiger partial charge in [-0.25, -0.2) is 4.98 Å². The Morgan fingerprint density at radius 1 is 1.46 bits per heavy atom. The molecule has 3 N–H and O–H groups in total. The van der Waals surface area contributed by atoms with Gasteiger partial charge >= 0.3 is 0 Å². The third-order valence-corrected chi connectivity index (χ3v) is 1.85. The Hall–Kier alpha value is -1.09. The topological polar surface area (TPSA) is 50.9 Å². The summed E-state index contributed by atoms with van der Waals surface area (Å²) in [4.78, 5) is 4.36. The van der Waals surface area contributed by atoms with E-state index in [-0.39, 0.29) is 6.04 Å². The molecule has 1 rings (SSSR count). The summed E-state index contributed by atoms with van der Waals surface area (Å²) in [5.41, 5.74) is 7.76. The van der Waals surface area contributed by atoms with Crippen LogP contribution >= 0.6 is 0 Å². The number of nitrogens with zero attached hydrogens (tertiary/aromatic N) is 1.